The fraction of sp³-hybridized carbons (Fsp3) is 0.222. The summed E-state index contributed by atoms with van der Waals surface area (Å²) in [6.07, 6.45) is 5.96. The van der Waals surface area contributed by atoms with E-state index in [-0.39, 0.29) is 5.91 Å². The van der Waals surface area contributed by atoms with Crippen molar-refractivity contribution in [2.45, 2.75) is 26.2 Å². The Bertz CT molecular complexity index is 797. The highest BCUT2D eigenvalue weighted by Gasteiger charge is 2.03. The maximum absolute atomic E-state index is 11.7. The lowest BCUT2D eigenvalue weighted by atomic mass is 10.2. The summed E-state index contributed by atoms with van der Waals surface area (Å²) < 4.78 is 1.65. The van der Waals surface area contributed by atoms with Crippen molar-refractivity contribution >= 4 is 23.1 Å². The van der Waals surface area contributed by atoms with E-state index in [1.165, 1.54) is 0 Å². The summed E-state index contributed by atoms with van der Waals surface area (Å²) in [5.41, 5.74) is 1.65. The Labute approximate surface area is 146 Å². The Hall–Kier alpha value is -3.22. The van der Waals surface area contributed by atoms with Crippen molar-refractivity contribution < 1.29 is 4.79 Å². The van der Waals surface area contributed by atoms with Crippen molar-refractivity contribution in [2.24, 2.45) is 0 Å². The number of benzene rings is 1. The zero-order valence-electron chi connectivity index (χ0n) is 14.0. The van der Waals surface area contributed by atoms with Crippen LogP contribution >= 0.6 is 0 Å². The maximum atomic E-state index is 11.7. The summed E-state index contributed by atoms with van der Waals surface area (Å²) in [6.45, 7) is 2.07. The van der Waals surface area contributed by atoms with Gasteiger partial charge in [0.1, 0.15) is 0 Å². The topological polar surface area (TPSA) is 84.7 Å². The second-order valence-electron chi connectivity index (χ2n) is 5.58. The fourth-order valence-corrected chi connectivity index (χ4v) is 2.26. The van der Waals surface area contributed by atoms with Gasteiger partial charge in [-0.1, -0.05) is 13.3 Å². The molecule has 0 radical (unpaired) electrons. The van der Waals surface area contributed by atoms with E-state index in [4.69, 9.17) is 0 Å². The predicted octanol–water partition coefficient (Wildman–Crippen LogP) is 3.53. The Balaban J connectivity index is 1.58. The first-order valence-electron chi connectivity index (χ1n) is 8.25. The largest absolute Gasteiger partial charge is 0.339 e. The van der Waals surface area contributed by atoms with E-state index in [9.17, 15) is 4.79 Å². The first-order chi connectivity index (χ1) is 12.2. The van der Waals surface area contributed by atoms with E-state index >= 15 is 0 Å². The number of nitrogens with one attached hydrogen (secondary N) is 2. The molecule has 2 N–H and O–H groups in total. The number of anilines is 3. The number of carbonyl (C=O) groups excluding carboxylic acids is 1. The van der Waals surface area contributed by atoms with Gasteiger partial charge in [-0.15, -0.1) is 10.2 Å². The summed E-state index contributed by atoms with van der Waals surface area (Å²) in [7, 11) is 0. The molecule has 1 amide bonds. The van der Waals surface area contributed by atoms with Crippen LogP contribution < -0.4 is 10.6 Å². The molecule has 0 aliphatic rings. The van der Waals surface area contributed by atoms with Gasteiger partial charge < -0.3 is 10.6 Å². The van der Waals surface area contributed by atoms with E-state index in [0.717, 1.165) is 24.2 Å². The number of aromatic nitrogens is 4. The highest BCUT2D eigenvalue weighted by atomic mass is 16.1. The van der Waals surface area contributed by atoms with E-state index in [1.807, 2.05) is 48.7 Å². The van der Waals surface area contributed by atoms with Gasteiger partial charge in [-0.3, -0.25) is 4.79 Å². The molecule has 0 aliphatic carbocycles. The minimum absolute atomic E-state index is 0.0441. The molecule has 128 valence electrons. The highest BCUT2D eigenvalue weighted by Crippen LogP contribution is 2.18. The lowest BCUT2D eigenvalue weighted by Gasteiger charge is -2.08. The molecule has 2 aromatic heterocycles. The molecule has 0 unspecified atom stereocenters. The number of unbranched alkanes of at least 4 members (excludes halogenated alkanes) is 1. The number of amides is 1. The zero-order valence-corrected chi connectivity index (χ0v) is 14.0. The first kappa shape index (κ1) is 16.6. The lowest BCUT2D eigenvalue weighted by Crippen LogP contribution is -2.10. The van der Waals surface area contributed by atoms with Gasteiger partial charge >= 0.3 is 0 Å². The monoisotopic (exact) mass is 336 g/mol. The van der Waals surface area contributed by atoms with Crippen molar-refractivity contribution in [2.75, 3.05) is 10.6 Å². The van der Waals surface area contributed by atoms with Crippen LogP contribution in [0.25, 0.3) is 5.82 Å². The molecule has 0 aliphatic heterocycles. The van der Waals surface area contributed by atoms with Gasteiger partial charge in [0.15, 0.2) is 11.6 Å². The SMILES string of the molecule is CCCCC(=O)Nc1ccc(Nc2ccc(-n3cccn3)nn2)cc1. The fourth-order valence-electron chi connectivity index (χ4n) is 2.26. The van der Waals surface area contributed by atoms with E-state index in [2.05, 4.69) is 32.9 Å². The molecule has 0 atom stereocenters. The van der Waals surface area contributed by atoms with Gasteiger partial charge in [0.25, 0.3) is 0 Å². The third kappa shape index (κ3) is 4.63. The summed E-state index contributed by atoms with van der Waals surface area (Å²) >= 11 is 0. The summed E-state index contributed by atoms with van der Waals surface area (Å²) in [5, 5.41) is 18.4. The van der Waals surface area contributed by atoms with Crippen LogP contribution in [0.2, 0.25) is 0 Å². The zero-order chi connectivity index (χ0) is 17.5. The third-order valence-electron chi connectivity index (χ3n) is 3.59. The molecule has 0 saturated heterocycles. The van der Waals surface area contributed by atoms with Crippen LogP contribution in [0.3, 0.4) is 0 Å². The van der Waals surface area contributed by atoms with Crippen LogP contribution in [-0.2, 0) is 4.79 Å². The molecule has 0 spiro atoms. The minimum atomic E-state index is 0.0441. The molecule has 1 aromatic carbocycles. The van der Waals surface area contributed by atoms with Crippen LogP contribution in [-0.4, -0.2) is 25.9 Å². The van der Waals surface area contributed by atoms with Crippen molar-refractivity contribution in [3.05, 3.63) is 54.9 Å². The number of nitrogens with zero attached hydrogens (tertiary/aromatic N) is 4. The third-order valence-corrected chi connectivity index (χ3v) is 3.59. The molecule has 2 heterocycles. The van der Waals surface area contributed by atoms with Crippen molar-refractivity contribution in [3.8, 4) is 5.82 Å². The summed E-state index contributed by atoms with van der Waals surface area (Å²) in [5.74, 6) is 1.33. The first-order valence-corrected chi connectivity index (χ1v) is 8.25. The van der Waals surface area contributed by atoms with Crippen LogP contribution in [0, 0.1) is 0 Å². The average molecular weight is 336 g/mol. The van der Waals surface area contributed by atoms with E-state index < -0.39 is 0 Å². The highest BCUT2D eigenvalue weighted by molar-refractivity contribution is 5.90. The quantitative estimate of drug-likeness (QED) is 0.689. The molecule has 25 heavy (non-hydrogen) atoms. The van der Waals surface area contributed by atoms with Gasteiger partial charge in [-0.2, -0.15) is 5.10 Å². The molecular formula is C18H20N6O. The number of rotatable bonds is 7. The standard InChI is InChI=1S/C18H20N6O/c1-2-3-5-18(25)21-15-8-6-14(7-9-15)20-16-10-11-17(23-22-16)24-13-4-12-19-24/h4,6-13H,2-3,5H2,1H3,(H,20,22)(H,21,25). The normalized spacial score (nSPS) is 10.4. The molecular weight excluding hydrogens is 316 g/mol. The van der Waals surface area contributed by atoms with Gasteiger partial charge in [-0.05, 0) is 48.9 Å². The molecule has 0 fully saturated rings. The van der Waals surface area contributed by atoms with Crippen LogP contribution in [0.1, 0.15) is 26.2 Å². The predicted molar refractivity (Wildman–Crippen MR) is 97.0 cm³/mol. The van der Waals surface area contributed by atoms with E-state index in [0.29, 0.717) is 18.1 Å². The van der Waals surface area contributed by atoms with Crippen LogP contribution in [0.4, 0.5) is 17.2 Å². The van der Waals surface area contributed by atoms with Gasteiger partial charge in [0.05, 0.1) is 0 Å². The van der Waals surface area contributed by atoms with Crippen molar-refractivity contribution in [1.29, 1.82) is 0 Å². The number of hydrogen-bond donors (Lipinski definition) is 2. The second-order valence-corrected chi connectivity index (χ2v) is 5.58. The number of hydrogen-bond acceptors (Lipinski definition) is 5. The van der Waals surface area contributed by atoms with Gasteiger partial charge in [0.2, 0.25) is 5.91 Å². The van der Waals surface area contributed by atoms with Crippen LogP contribution in [0.15, 0.2) is 54.9 Å². The van der Waals surface area contributed by atoms with Gasteiger partial charge in [0, 0.05) is 30.2 Å². The molecule has 0 saturated carbocycles. The smallest absolute Gasteiger partial charge is 0.224 e. The Morgan fingerprint density at radius 3 is 2.52 bits per heavy atom. The second kappa shape index (κ2) is 8.05. The molecule has 3 rings (SSSR count). The lowest BCUT2D eigenvalue weighted by molar-refractivity contribution is -0.116. The molecule has 0 bridgehead atoms. The Morgan fingerprint density at radius 1 is 1.08 bits per heavy atom. The summed E-state index contributed by atoms with van der Waals surface area (Å²) in [4.78, 5) is 11.7. The van der Waals surface area contributed by atoms with Gasteiger partial charge in [-0.25, -0.2) is 4.68 Å². The molecule has 7 heteroatoms. The average Bonchev–Trinajstić information content (AvgIpc) is 3.17. The Kier molecular flexibility index (Phi) is 5.36. The number of carbonyl (C=O) groups is 1. The van der Waals surface area contributed by atoms with E-state index in [1.54, 1.807) is 10.9 Å². The molecule has 3 aromatic rings. The minimum Gasteiger partial charge on any atom is -0.339 e. The van der Waals surface area contributed by atoms with Crippen molar-refractivity contribution in [3.63, 3.8) is 0 Å². The maximum Gasteiger partial charge on any atom is 0.224 e. The van der Waals surface area contributed by atoms with Crippen molar-refractivity contribution in [1.82, 2.24) is 20.0 Å². The molecule has 7 nitrogen and oxygen atoms in total. The Morgan fingerprint density at radius 2 is 1.88 bits per heavy atom. The van der Waals surface area contributed by atoms with Crippen LogP contribution in [0.5, 0.6) is 0 Å². The summed E-state index contributed by atoms with van der Waals surface area (Å²) in [6, 6.07) is 13.0.